The van der Waals surface area contributed by atoms with Crippen molar-refractivity contribution in [3.05, 3.63) is 16.4 Å². The molecular weight excluding hydrogens is 208 g/mol. The number of halogens is 1. The van der Waals surface area contributed by atoms with Gasteiger partial charge >= 0.3 is 0 Å². The van der Waals surface area contributed by atoms with Crippen molar-refractivity contribution in [2.24, 2.45) is 7.05 Å². The Morgan fingerprint density at radius 1 is 1.73 bits per heavy atom. The Morgan fingerprint density at radius 2 is 2.36 bits per heavy atom. The zero-order chi connectivity index (χ0) is 8.43. The van der Waals surface area contributed by atoms with Gasteiger partial charge in [-0.05, 0) is 28.9 Å². The molecule has 62 valence electrons. The summed E-state index contributed by atoms with van der Waals surface area (Å²) in [5.74, 6) is 0. The van der Waals surface area contributed by atoms with Gasteiger partial charge < -0.3 is 4.74 Å². The average molecular weight is 219 g/mol. The largest absolute Gasteiger partial charge is 0.375 e. The van der Waals surface area contributed by atoms with Crippen molar-refractivity contribution >= 4 is 15.9 Å². The van der Waals surface area contributed by atoms with Gasteiger partial charge in [0.2, 0.25) is 0 Å². The summed E-state index contributed by atoms with van der Waals surface area (Å²) < 4.78 is 7.80. The van der Waals surface area contributed by atoms with Gasteiger partial charge in [0.15, 0.2) is 0 Å². The Bertz CT molecular complexity index is 247. The van der Waals surface area contributed by atoms with Gasteiger partial charge in [-0.3, -0.25) is 4.68 Å². The molecule has 1 aromatic heterocycles. The van der Waals surface area contributed by atoms with Crippen LogP contribution in [0.4, 0.5) is 0 Å². The van der Waals surface area contributed by atoms with Gasteiger partial charge in [0, 0.05) is 14.2 Å². The monoisotopic (exact) mass is 218 g/mol. The van der Waals surface area contributed by atoms with Crippen LogP contribution >= 0.6 is 15.9 Å². The fourth-order valence-corrected chi connectivity index (χ4v) is 1.42. The number of rotatable bonds is 2. The number of aromatic nitrogens is 2. The highest BCUT2D eigenvalue weighted by molar-refractivity contribution is 9.10. The Balaban J connectivity index is 2.93. The van der Waals surface area contributed by atoms with Gasteiger partial charge in [-0.15, -0.1) is 0 Å². The predicted molar refractivity (Wildman–Crippen MR) is 46.3 cm³/mol. The van der Waals surface area contributed by atoms with Crippen LogP contribution in [0.2, 0.25) is 0 Å². The van der Waals surface area contributed by atoms with Crippen LogP contribution in [0.3, 0.4) is 0 Å². The van der Waals surface area contributed by atoms with Crippen LogP contribution in [-0.4, -0.2) is 16.9 Å². The first-order valence-corrected chi connectivity index (χ1v) is 4.16. The Hall–Kier alpha value is -0.350. The molecule has 0 aliphatic carbocycles. The molecule has 3 nitrogen and oxygen atoms in total. The fourth-order valence-electron chi connectivity index (χ4n) is 0.947. The minimum Gasteiger partial charge on any atom is -0.375 e. The molecule has 4 heteroatoms. The molecule has 1 rings (SSSR count). The van der Waals surface area contributed by atoms with Crippen LogP contribution in [0.25, 0.3) is 0 Å². The summed E-state index contributed by atoms with van der Waals surface area (Å²) >= 11 is 3.29. The van der Waals surface area contributed by atoms with Crippen LogP contribution in [0, 0.1) is 0 Å². The molecule has 1 aromatic rings. The van der Waals surface area contributed by atoms with Crippen molar-refractivity contribution in [2.45, 2.75) is 13.0 Å². The van der Waals surface area contributed by atoms with E-state index in [2.05, 4.69) is 21.0 Å². The smallest absolute Gasteiger partial charge is 0.128 e. The van der Waals surface area contributed by atoms with E-state index in [1.807, 2.05) is 20.0 Å². The maximum Gasteiger partial charge on any atom is 0.128 e. The average Bonchev–Trinajstić information content (AvgIpc) is 2.28. The molecule has 0 N–H and O–H groups in total. The zero-order valence-corrected chi connectivity index (χ0v) is 8.42. The molecule has 1 unspecified atom stereocenters. The molecule has 0 radical (unpaired) electrons. The summed E-state index contributed by atoms with van der Waals surface area (Å²) in [4.78, 5) is 0. The molecule has 0 aromatic carbocycles. The molecule has 1 atom stereocenters. The first kappa shape index (κ1) is 8.74. The molecule has 0 spiro atoms. The fraction of sp³-hybridized carbons (Fsp3) is 0.571. The van der Waals surface area contributed by atoms with Gasteiger partial charge in [-0.2, -0.15) is 5.10 Å². The van der Waals surface area contributed by atoms with E-state index in [0.29, 0.717) is 0 Å². The Labute approximate surface area is 74.5 Å². The van der Waals surface area contributed by atoms with E-state index in [4.69, 9.17) is 4.74 Å². The van der Waals surface area contributed by atoms with Gasteiger partial charge in [0.1, 0.15) is 4.60 Å². The maximum atomic E-state index is 5.15. The zero-order valence-electron chi connectivity index (χ0n) is 6.84. The number of aryl methyl sites for hydroxylation is 1. The van der Waals surface area contributed by atoms with E-state index in [1.165, 1.54) is 0 Å². The van der Waals surface area contributed by atoms with Crippen molar-refractivity contribution in [3.63, 3.8) is 0 Å². The Morgan fingerprint density at radius 3 is 2.73 bits per heavy atom. The van der Waals surface area contributed by atoms with Crippen molar-refractivity contribution < 1.29 is 4.74 Å². The van der Waals surface area contributed by atoms with E-state index in [9.17, 15) is 0 Å². The standard InChI is InChI=1S/C7H11BrN2O/c1-5(11-3)6-4-7(8)9-10(6)2/h4-5H,1-3H3. The van der Waals surface area contributed by atoms with Crippen LogP contribution < -0.4 is 0 Å². The van der Waals surface area contributed by atoms with E-state index >= 15 is 0 Å². The second-order valence-electron chi connectivity index (χ2n) is 2.39. The maximum absolute atomic E-state index is 5.15. The summed E-state index contributed by atoms with van der Waals surface area (Å²) in [6.07, 6.45) is 0.0961. The third-order valence-electron chi connectivity index (χ3n) is 1.66. The SMILES string of the molecule is COC(C)c1cc(Br)nn1C. The minimum absolute atomic E-state index is 0.0961. The predicted octanol–water partition coefficient (Wildman–Crippen LogP) is 1.89. The molecule has 0 saturated carbocycles. The van der Waals surface area contributed by atoms with Crippen molar-refractivity contribution in [2.75, 3.05) is 7.11 Å². The number of methoxy groups -OCH3 is 1. The molecule has 0 aliphatic rings. The molecular formula is C7H11BrN2O. The van der Waals surface area contributed by atoms with Gasteiger partial charge in [0.25, 0.3) is 0 Å². The van der Waals surface area contributed by atoms with Crippen LogP contribution in [0.15, 0.2) is 10.7 Å². The molecule has 0 bridgehead atoms. The number of ether oxygens (including phenoxy) is 1. The Kier molecular flexibility index (Phi) is 2.67. The minimum atomic E-state index is 0.0961. The van der Waals surface area contributed by atoms with Crippen LogP contribution in [0.1, 0.15) is 18.7 Å². The third-order valence-corrected chi connectivity index (χ3v) is 2.04. The van der Waals surface area contributed by atoms with Gasteiger partial charge in [-0.25, -0.2) is 0 Å². The molecule has 0 saturated heterocycles. The van der Waals surface area contributed by atoms with Crippen molar-refractivity contribution in [3.8, 4) is 0 Å². The molecule has 11 heavy (non-hydrogen) atoms. The lowest BCUT2D eigenvalue weighted by molar-refractivity contribution is 0.112. The normalized spacial score (nSPS) is 13.5. The van der Waals surface area contributed by atoms with Crippen LogP contribution in [0.5, 0.6) is 0 Å². The van der Waals surface area contributed by atoms with Crippen molar-refractivity contribution in [1.82, 2.24) is 9.78 Å². The second-order valence-corrected chi connectivity index (χ2v) is 3.21. The molecule has 0 amide bonds. The first-order valence-electron chi connectivity index (χ1n) is 3.37. The summed E-state index contributed by atoms with van der Waals surface area (Å²) in [6.45, 7) is 1.99. The summed E-state index contributed by atoms with van der Waals surface area (Å²) in [7, 11) is 3.58. The van der Waals surface area contributed by atoms with Gasteiger partial charge in [-0.1, -0.05) is 0 Å². The lowest BCUT2D eigenvalue weighted by Gasteiger charge is -2.08. The lowest BCUT2D eigenvalue weighted by Crippen LogP contribution is -2.03. The van der Waals surface area contributed by atoms with Crippen LogP contribution in [-0.2, 0) is 11.8 Å². The molecule has 0 aliphatic heterocycles. The third kappa shape index (κ3) is 1.81. The number of hydrogen-bond acceptors (Lipinski definition) is 2. The summed E-state index contributed by atoms with van der Waals surface area (Å²) in [6, 6.07) is 1.95. The van der Waals surface area contributed by atoms with Gasteiger partial charge in [0.05, 0.1) is 11.8 Å². The van der Waals surface area contributed by atoms with E-state index in [-0.39, 0.29) is 6.10 Å². The summed E-state index contributed by atoms with van der Waals surface area (Å²) in [5.41, 5.74) is 1.07. The van der Waals surface area contributed by atoms with E-state index in [1.54, 1.807) is 11.8 Å². The summed E-state index contributed by atoms with van der Waals surface area (Å²) in [5, 5.41) is 4.13. The second kappa shape index (κ2) is 3.36. The highest BCUT2D eigenvalue weighted by atomic mass is 79.9. The quantitative estimate of drug-likeness (QED) is 0.759. The topological polar surface area (TPSA) is 27.1 Å². The highest BCUT2D eigenvalue weighted by Crippen LogP contribution is 2.18. The van der Waals surface area contributed by atoms with E-state index in [0.717, 1.165) is 10.3 Å². The molecule has 1 heterocycles. The highest BCUT2D eigenvalue weighted by Gasteiger charge is 2.09. The lowest BCUT2D eigenvalue weighted by atomic mass is 10.3. The number of hydrogen-bond donors (Lipinski definition) is 0. The van der Waals surface area contributed by atoms with E-state index < -0.39 is 0 Å². The number of nitrogens with zero attached hydrogens (tertiary/aromatic N) is 2. The molecule has 0 fully saturated rings. The van der Waals surface area contributed by atoms with Crippen molar-refractivity contribution in [1.29, 1.82) is 0 Å². The first-order chi connectivity index (χ1) is 5.15.